The van der Waals surface area contributed by atoms with Crippen LogP contribution in [0.3, 0.4) is 0 Å². The highest BCUT2D eigenvalue weighted by molar-refractivity contribution is 5.42. The van der Waals surface area contributed by atoms with E-state index in [1.54, 1.807) is 0 Å². The van der Waals surface area contributed by atoms with Crippen molar-refractivity contribution in [2.24, 2.45) is 0 Å². The minimum absolute atomic E-state index is 2.73. The van der Waals surface area contributed by atoms with E-state index in [4.69, 9.17) is 0 Å². The number of alkyl halides is 14. The summed E-state index contributed by atoms with van der Waals surface area (Å²) in [6.45, 7) is 0. The first-order valence-corrected chi connectivity index (χ1v) is 5.05. The van der Waals surface area contributed by atoms with Gasteiger partial charge in [-0.3, -0.25) is 0 Å². The zero-order valence-electron chi connectivity index (χ0n) is 10.2. The molecule has 0 aliphatic rings. The molecule has 0 amide bonds. The Labute approximate surface area is 120 Å². The van der Waals surface area contributed by atoms with Gasteiger partial charge in [-0.15, -0.1) is 0 Å². The van der Waals surface area contributed by atoms with Crippen LogP contribution >= 0.6 is 0 Å². The largest absolute Gasteiger partial charge is 0.458 e. The Kier molecular flexibility index (Phi) is 4.36. The summed E-state index contributed by atoms with van der Waals surface area (Å²) in [5.41, 5.74) is -7.90. The normalized spacial score (nSPS) is 15.1. The van der Waals surface area contributed by atoms with Crippen molar-refractivity contribution in [2.45, 2.75) is 30.6 Å². The van der Waals surface area contributed by atoms with E-state index >= 15 is 0 Å². The van der Waals surface area contributed by atoms with E-state index in [-0.39, 0.29) is 0 Å². The van der Waals surface area contributed by atoms with Gasteiger partial charge in [-0.05, 0) is 0 Å². The fourth-order valence-electron chi connectivity index (χ4n) is 1.54. The van der Waals surface area contributed by atoms with Crippen LogP contribution in [0.15, 0.2) is 4.42 Å². The highest BCUT2D eigenvalue weighted by Crippen LogP contribution is 2.56. The number of halogens is 14. The SMILES string of the molecule is FC(F)(F)c1oc(C(F)(F)F)c(C(F)(F)C(F)(F)F)c1C(F)(F)F. The quantitative estimate of drug-likeness (QED) is 0.537. The number of furan rings is 1. The van der Waals surface area contributed by atoms with E-state index in [0.717, 1.165) is 0 Å². The Bertz CT molecular complexity index is 606. The third kappa shape index (κ3) is 3.38. The van der Waals surface area contributed by atoms with E-state index in [9.17, 15) is 61.5 Å². The van der Waals surface area contributed by atoms with Crippen molar-refractivity contribution in [3.05, 3.63) is 22.6 Å². The maximum absolute atomic E-state index is 13.1. The third-order valence-corrected chi connectivity index (χ3v) is 2.38. The first-order chi connectivity index (χ1) is 10.2. The van der Waals surface area contributed by atoms with Crippen molar-refractivity contribution >= 4 is 0 Å². The molecule has 0 fully saturated rings. The summed E-state index contributed by atoms with van der Waals surface area (Å²) in [6, 6.07) is 0. The summed E-state index contributed by atoms with van der Waals surface area (Å²) >= 11 is 0. The molecule has 140 valence electrons. The van der Waals surface area contributed by atoms with Gasteiger partial charge in [0.1, 0.15) is 5.56 Å². The maximum atomic E-state index is 13.1. The van der Waals surface area contributed by atoms with Crippen molar-refractivity contribution in [1.82, 2.24) is 0 Å². The smallest absolute Gasteiger partial charge is 0.446 e. The van der Waals surface area contributed by atoms with Gasteiger partial charge in [0.15, 0.2) is 0 Å². The van der Waals surface area contributed by atoms with Gasteiger partial charge in [0.05, 0.1) is 5.56 Å². The van der Waals surface area contributed by atoms with Gasteiger partial charge < -0.3 is 4.42 Å². The molecule has 24 heavy (non-hydrogen) atoms. The van der Waals surface area contributed by atoms with Gasteiger partial charge in [0, 0.05) is 0 Å². The number of rotatable bonds is 1. The molecule has 0 aliphatic heterocycles. The highest BCUT2D eigenvalue weighted by atomic mass is 19.4. The molecule has 1 heterocycles. The molecular formula is C9F14O. The molecule has 0 spiro atoms. The average molecular weight is 390 g/mol. The lowest BCUT2D eigenvalue weighted by atomic mass is 10.00. The molecule has 0 unspecified atom stereocenters. The zero-order valence-corrected chi connectivity index (χ0v) is 10.2. The second-order valence-electron chi connectivity index (χ2n) is 4.08. The predicted octanol–water partition coefficient (Wildman–Crippen LogP) is 5.99. The minimum Gasteiger partial charge on any atom is -0.446 e. The van der Waals surface area contributed by atoms with Crippen LogP contribution in [-0.2, 0) is 24.5 Å². The Morgan fingerprint density at radius 1 is 0.458 bits per heavy atom. The highest BCUT2D eigenvalue weighted by Gasteiger charge is 2.68. The van der Waals surface area contributed by atoms with Crippen LogP contribution in [0.5, 0.6) is 0 Å². The van der Waals surface area contributed by atoms with Crippen LogP contribution < -0.4 is 0 Å². The fraction of sp³-hybridized carbons (Fsp3) is 0.556. The molecule has 0 radical (unpaired) electrons. The van der Waals surface area contributed by atoms with Crippen molar-refractivity contribution in [3.8, 4) is 0 Å². The summed E-state index contributed by atoms with van der Waals surface area (Å²) in [5, 5.41) is 0. The third-order valence-electron chi connectivity index (χ3n) is 2.38. The molecule has 0 saturated carbocycles. The number of hydrogen-bond acceptors (Lipinski definition) is 1. The molecule has 15 heteroatoms. The molecule has 1 aromatic heterocycles. The van der Waals surface area contributed by atoms with E-state index < -0.39 is 53.3 Å². The first kappa shape index (κ1) is 20.3. The molecule has 0 saturated heterocycles. The fourth-order valence-corrected chi connectivity index (χ4v) is 1.54. The van der Waals surface area contributed by atoms with Crippen LogP contribution in [0.1, 0.15) is 22.6 Å². The van der Waals surface area contributed by atoms with E-state index in [0.29, 0.717) is 0 Å². The maximum Gasteiger partial charge on any atom is 0.458 e. The zero-order chi connectivity index (χ0) is 19.5. The lowest BCUT2D eigenvalue weighted by Gasteiger charge is -2.22. The molecule has 0 aliphatic carbocycles. The summed E-state index contributed by atoms with van der Waals surface area (Å²) in [7, 11) is 0. The molecule has 1 nitrogen and oxygen atoms in total. The molecule has 1 rings (SSSR count). The van der Waals surface area contributed by atoms with Crippen molar-refractivity contribution in [1.29, 1.82) is 0 Å². The van der Waals surface area contributed by atoms with Gasteiger partial charge in [-0.2, -0.15) is 61.5 Å². The molecular weight excluding hydrogens is 390 g/mol. The summed E-state index contributed by atoms with van der Waals surface area (Å²) in [5.74, 6) is -14.3. The average Bonchev–Trinajstić information content (AvgIpc) is 2.65. The van der Waals surface area contributed by atoms with E-state index in [1.165, 1.54) is 0 Å². The Morgan fingerprint density at radius 3 is 1.04 bits per heavy atom. The Balaban J connectivity index is 4.08. The predicted molar refractivity (Wildman–Crippen MR) is 43.7 cm³/mol. The topological polar surface area (TPSA) is 13.1 Å². The monoisotopic (exact) mass is 390 g/mol. The Hall–Kier alpha value is -1.70. The van der Waals surface area contributed by atoms with Crippen LogP contribution in [-0.4, -0.2) is 6.18 Å². The van der Waals surface area contributed by atoms with Gasteiger partial charge >= 0.3 is 30.6 Å². The minimum atomic E-state index is -7.06. The van der Waals surface area contributed by atoms with Crippen molar-refractivity contribution in [2.75, 3.05) is 0 Å². The van der Waals surface area contributed by atoms with Crippen molar-refractivity contribution < 1.29 is 65.9 Å². The summed E-state index contributed by atoms with van der Waals surface area (Å²) in [4.78, 5) is 0. The van der Waals surface area contributed by atoms with Gasteiger partial charge in [-0.1, -0.05) is 0 Å². The second-order valence-corrected chi connectivity index (χ2v) is 4.08. The standard InChI is InChI=1S/C9F14O/c10-5(11,9(21,22)23)1-2(6(12,13)14)4(8(18,19)20)24-3(1)7(15,16)17. The van der Waals surface area contributed by atoms with E-state index in [2.05, 4.69) is 4.42 Å². The van der Waals surface area contributed by atoms with Crippen molar-refractivity contribution in [3.63, 3.8) is 0 Å². The summed E-state index contributed by atoms with van der Waals surface area (Å²) in [6.07, 6.45) is -26.6. The van der Waals surface area contributed by atoms with Gasteiger partial charge in [0.25, 0.3) is 0 Å². The van der Waals surface area contributed by atoms with Crippen LogP contribution in [0.4, 0.5) is 61.5 Å². The molecule has 0 atom stereocenters. The van der Waals surface area contributed by atoms with Crippen LogP contribution in [0.25, 0.3) is 0 Å². The van der Waals surface area contributed by atoms with E-state index in [1.807, 2.05) is 0 Å². The van der Waals surface area contributed by atoms with Crippen LogP contribution in [0.2, 0.25) is 0 Å². The van der Waals surface area contributed by atoms with Crippen LogP contribution in [0, 0.1) is 0 Å². The summed E-state index contributed by atoms with van der Waals surface area (Å²) < 4.78 is 177. The molecule has 0 N–H and O–H groups in total. The van der Waals surface area contributed by atoms with Gasteiger partial charge in [-0.25, -0.2) is 0 Å². The van der Waals surface area contributed by atoms with Gasteiger partial charge in [0.2, 0.25) is 11.5 Å². The molecule has 0 aromatic carbocycles. The first-order valence-electron chi connectivity index (χ1n) is 5.05. The lowest BCUT2D eigenvalue weighted by Crippen LogP contribution is -2.37. The molecule has 1 aromatic rings. The molecule has 0 bridgehead atoms. The number of hydrogen-bond donors (Lipinski definition) is 0. The second kappa shape index (κ2) is 5.15. The lowest BCUT2D eigenvalue weighted by molar-refractivity contribution is -0.293. The Morgan fingerprint density at radius 2 is 0.792 bits per heavy atom.